The number of benzene rings is 2. The number of carbonyl (C=O) groups excluding carboxylic acids is 1. The highest BCUT2D eigenvalue weighted by atomic mass is 35.5. The van der Waals surface area contributed by atoms with Crippen molar-refractivity contribution in [3.8, 4) is 0 Å². The van der Waals surface area contributed by atoms with E-state index in [-0.39, 0.29) is 17.4 Å². The maximum Gasteiger partial charge on any atom is 0.323 e. The first-order valence-corrected chi connectivity index (χ1v) is 9.97. The van der Waals surface area contributed by atoms with Gasteiger partial charge in [-0.2, -0.15) is 0 Å². The Labute approximate surface area is 171 Å². The van der Waals surface area contributed by atoms with E-state index in [1.165, 1.54) is 15.9 Å². The maximum absolute atomic E-state index is 14.0. The number of nitrogens with one attached hydrogen (secondary N) is 5. The normalized spacial score (nSPS) is 19.4. The van der Waals surface area contributed by atoms with Crippen molar-refractivity contribution in [3.63, 3.8) is 0 Å². The second-order valence-corrected chi connectivity index (χ2v) is 7.85. The standard InChI is InChI=1S/C20H21ClFN5O2/c21-15-2-1-3-16(22)14(15)11-26-6-8-27(9-7-26)12-19(28)23-13-4-5-17-18(10-13)25-20(29)24-17/h1-5,10H,6-9,11-12H2,(H,23,28)(H2,24,25,29)/p+2. The largest absolute Gasteiger partial charge is 0.323 e. The van der Waals surface area contributed by atoms with Crippen LogP contribution < -0.4 is 20.8 Å². The molecule has 1 amide bonds. The van der Waals surface area contributed by atoms with E-state index in [9.17, 15) is 14.0 Å². The lowest BCUT2D eigenvalue weighted by atomic mass is 10.2. The fraction of sp³-hybridized carbons (Fsp3) is 0.300. The van der Waals surface area contributed by atoms with Crippen LogP contribution in [-0.4, -0.2) is 48.6 Å². The zero-order valence-electron chi connectivity index (χ0n) is 15.8. The molecule has 152 valence electrons. The molecule has 0 radical (unpaired) electrons. The number of quaternary nitrogens is 2. The molecule has 1 aromatic heterocycles. The summed E-state index contributed by atoms with van der Waals surface area (Å²) in [5, 5.41) is 3.35. The van der Waals surface area contributed by atoms with E-state index in [0.29, 0.717) is 40.4 Å². The van der Waals surface area contributed by atoms with Crippen LogP contribution in [0.4, 0.5) is 10.1 Å². The number of amides is 1. The van der Waals surface area contributed by atoms with E-state index in [1.807, 2.05) is 0 Å². The minimum atomic E-state index is -0.273. The summed E-state index contributed by atoms with van der Waals surface area (Å²) in [4.78, 5) is 31.5. The number of piperazine rings is 1. The average Bonchev–Trinajstić information content (AvgIpc) is 3.05. The minimum Gasteiger partial charge on any atom is -0.322 e. The van der Waals surface area contributed by atoms with Crippen molar-refractivity contribution < 1.29 is 19.0 Å². The van der Waals surface area contributed by atoms with Crippen LogP contribution in [0, 0.1) is 5.82 Å². The first-order chi connectivity index (χ1) is 14.0. The fourth-order valence-electron chi connectivity index (χ4n) is 3.80. The monoisotopic (exact) mass is 419 g/mol. The highest BCUT2D eigenvalue weighted by Crippen LogP contribution is 2.17. The summed E-state index contributed by atoms with van der Waals surface area (Å²) in [6, 6.07) is 10.0. The van der Waals surface area contributed by atoms with Crippen LogP contribution in [0.2, 0.25) is 5.02 Å². The van der Waals surface area contributed by atoms with E-state index in [0.717, 1.165) is 26.2 Å². The van der Waals surface area contributed by atoms with Crippen LogP contribution in [0.15, 0.2) is 41.2 Å². The minimum absolute atomic E-state index is 0.0715. The average molecular weight is 420 g/mol. The van der Waals surface area contributed by atoms with E-state index in [4.69, 9.17) is 11.6 Å². The third-order valence-electron chi connectivity index (χ3n) is 5.36. The predicted octanol–water partition coefficient (Wildman–Crippen LogP) is -0.429. The lowest BCUT2D eigenvalue weighted by Crippen LogP contribution is -3.28. The Bertz CT molecular complexity index is 1070. The van der Waals surface area contributed by atoms with Gasteiger partial charge in [-0.05, 0) is 30.3 Å². The van der Waals surface area contributed by atoms with Crippen LogP contribution in [0.3, 0.4) is 0 Å². The Morgan fingerprint density at radius 1 is 1.07 bits per heavy atom. The Morgan fingerprint density at radius 3 is 2.55 bits per heavy atom. The zero-order chi connectivity index (χ0) is 20.4. The molecule has 1 saturated heterocycles. The number of H-pyrrole nitrogens is 2. The van der Waals surface area contributed by atoms with Gasteiger partial charge in [0.05, 0.1) is 21.6 Å². The SMILES string of the molecule is O=C(C[NH+]1CC[NH+](Cc2c(F)cccc2Cl)CC1)Nc1ccc2[nH]c(=O)[nH]c2c1. The first kappa shape index (κ1) is 19.6. The molecular weight excluding hydrogens is 397 g/mol. The number of aromatic nitrogens is 2. The molecule has 0 atom stereocenters. The van der Waals surface area contributed by atoms with Gasteiger partial charge in [-0.3, -0.25) is 4.79 Å². The number of fused-ring (bicyclic) bond motifs is 1. The van der Waals surface area contributed by atoms with Gasteiger partial charge in [0, 0.05) is 5.69 Å². The smallest absolute Gasteiger partial charge is 0.322 e. The molecule has 1 fully saturated rings. The summed E-state index contributed by atoms with van der Waals surface area (Å²) in [7, 11) is 0. The van der Waals surface area contributed by atoms with Crippen molar-refractivity contribution in [1.29, 1.82) is 0 Å². The van der Waals surface area contributed by atoms with Crippen LogP contribution in [0.25, 0.3) is 11.0 Å². The van der Waals surface area contributed by atoms with Crippen molar-refractivity contribution in [2.24, 2.45) is 0 Å². The molecule has 4 rings (SSSR count). The van der Waals surface area contributed by atoms with Gasteiger partial charge < -0.3 is 25.1 Å². The molecule has 5 N–H and O–H groups in total. The Balaban J connectivity index is 1.28. The third kappa shape index (κ3) is 4.67. The van der Waals surface area contributed by atoms with E-state index < -0.39 is 0 Å². The zero-order valence-corrected chi connectivity index (χ0v) is 16.5. The van der Waals surface area contributed by atoms with Crippen molar-refractivity contribution in [1.82, 2.24) is 9.97 Å². The van der Waals surface area contributed by atoms with Crippen molar-refractivity contribution in [2.45, 2.75) is 6.54 Å². The Morgan fingerprint density at radius 2 is 1.79 bits per heavy atom. The Kier molecular flexibility index (Phi) is 5.66. The lowest BCUT2D eigenvalue weighted by molar-refractivity contribution is -1.02. The van der Waals surface area contributed by atoms with Gasteiger partial charge in [0.15, 0.2) is 6.54 Å². The molecule has 1 aliphatic heterocycles. The number of hydrogen-bond acceptors (Lipinski definition) is 2. The predicted molar refractivity (Wildman–Crippen MR) is 109 cm³/mol. The molecule has 0 unspecified atom stereocenters. The molecule has 0 aliphatic carbocycles. The number of halogens is 2. The Hall–Kier alpha value is -2.68. The van der Waals surface area contributed by atoms with E-state index in [2.05, 4.69) is 15.3 Å². The summed E-state index contributed by atoms with van der Waals surface area (Å²) in [6.45, 7) is 4.29. The lowest BCUT2D eigenvalue weighted by Gasteiger charge is -2.29. The number of carbonyl (C=O) groups is 1. The molecular formula is C20H23ClFN5O2+2. The van der Waals surface area contributed by atoms with Crippen LogP contribution in [0.5, 0.6) is 0 Å². The second-order valence-electron chi connectivity index (χ2n) is 7.44. The van der Waals surface area contributed by atoms with Crippen LogP contribution in [-0.2, 0) is 11.3 Å². The van der Waals surface area contributed by atoms with Crippen LogP contribution in [0.1, 0.15) is 5.56 Å². The molecule has 2 aromatic carbocycles. The summed E-state index contributed by atoms with van der Waals surface area (Å²) in [5.74, 6) is -0.335. The topological polar surface area (TPSA) is 86.6 Å². The summed E-state index contributed by atoms with van der Waals surface area (Å²) < 4.78 is 14.0. The second kappa shape index (κ2) is 8.36. The highest BCUT2D eigenvalue weighted by molar-refractivity contribution is 6.31. The van der Waals surface area contributed by atoms with Gasteiger partial charge in [-0.15, -0.1) is 0 Å². The fourth-order valence-corrected chi connectivity index (χ4v) is 4.03. The molecule has 3 aromatic rings. The number of rotatable bonds is 5. The first-order valence-electron chi connectivity index (χ1n) is 9.60. The molecule has 1 aliphatic rings. The highest BCUT2D eigenvalue weighted by Gasteiger charge is 2.26. The molecule has 9 heteroatoms. The summed E-state index contributed by atoms with van der Waals surface area (Å²) >= 11 is 6.13. The maximum atomic E-state index is 14.0. The molecule has 0 spiro atoms. The van der Waals surface area contributed by atoms with Gasteiger partial charge in [-0.25, -0.2) is 9.18 Å². The molecule has 2 heterocycles. The van der Waals surface area contributed by atoms with E-state index in [1.54, 1.807) is 30.3 Å². The van der Waals surface area contributed by atoms with Crippen LogP contribution >= 0.6 is 11.6 Å². The summed E-state index contributed by atoms with van der Waals surface area (Å²) in [6.07, 6.45) is 0. The summed E-state index contributed by atoms with van der Waals surface area (Å²) in [5.41, 5.74) is 2.29. The molecule has 7 nitrogen and oxygen atoms in total. The van der Waals surface area contributed by atoms with Gasteiger partial charge in [0.1, 0.15) is 38.5 Å². The molecule has 0 bridgehead atoms. The van der Waals surface area contributed by atoms with Gasteiger partial charge in [0.2, 0.25) is 0 Å². The molecule has 29 heavy (non-hydrogen) atoms. The van der Waals surface area contributed by atoms with E-state index >= 15 is 0 Å². The van der Waals surface area contributed by atoms with Crippen molar-refractivity contribution in [3.05, 3.63) is 63.3 Å². The number of hydrogen-bond donors (Lipinski definition) is 5. The van der Waals surface area contributed by atoms with Gasteiger partial charge in [-0.1, -0.05) is 17.7 Å². The quantitative estimate of drug-likeness (QED) is 0.389. The number of aromatic amines is 2. The molecule has 0 saturated carbocycles. The third-order valence-corrected chi connectivity index (χ3v) is 5.72. The number of anilines is 1. The van der Waals surface area contributed by atoms with Gasteiger partial charge in [0.25, 0.3) is 5.91 Å². The number of imidazole rings is 1. The van der Waals surface area contributed by atoms with Gasteiger partial charge >= 0.3 is 5.69 Å². The van der Waals surface area contributed by atoms with Crippen molar-refractivity contribution >= 4 is 34.2 Å². The van der Waals surface area contributed by atoms with Crippen molar-refractivity contribution in [2.75, 3.05) is 38.0 Å².